The Morgan fingerprint density at radius 3 is 2.31 bits per heavy atom. The van der Waals surface area contributed by atoms with Gasteiger partial charge in [-0.3, -0.25) is 4.79 Å². The number of hydrogen-bond acceptors (Lipinski definition) is 1. The van der Waals surface area contributed by atoms with Gasteiger partial charge in [-0.05, 0) is 69.5 Å². The maximum Gasteiger partial charge on any atom is 0.221 e. The molecule has 2 nitrogen and oxygen atoms in total. The third kappa shape index (κ3) is 3.48. The van der Waals surface area contributed by atoms with Gasteiger partial charge in [0.1, 0.15) is 5.82 Å². The Bertz CT molecular complexity index is 928. The van der Waals surface area contributed by atoms with Crippen molar-refractivity contribution in [1.82, 2.24) is 0 Å². The van der Waals surface area contributed by atoms with Gasteiger partial charge in [0, 0.05) is 0 Å². The molecule has 0 spiro atoms. The molecule has 0 bridgehead atoms. The van der Waals surface area contributed by atoms with Crippen molar-refractivity contribution >= 4 is 23.1 Å². The number of amides is 1. The molecular formula is C23H24FNO. The summed E-state index contributed by atoms with van der Waals surface area (Å²) in [7, 11) is 0. The smallest absolute Gasteiger partial charge is 0.221 e. The first-order valence-electron chi connectivity index (χ1n) is 8.78. The largest absolute Gasteiger partial charge is 0.369 e. The zero-order valence-electron chi connectivity index (χ0n) is 15.7. The minimum Gasteiger partial charge on any atom is -0.369 e. The van der Waals surface area contributed by atoms with Gasteiger partial charge >= 0.3 is 0 Å². The average Bonchev–Trinajstić information content (AvgIpc) is 2.79. The van der Waals surface area contributed by atoms with E-state index in [0.717, 1.165) is 33.4 Å². The van der Waals surface area contributed by atoms with Crippen molar-refractivity contribution in [2.45, 2.75) is 39.5 Å². The standard InChI is InChI=1S/C23H24FNO/c1-14-19(11-15-5-7-16(8-6-15)23(2,3)4)18-10-9-17(24)12-21(18)20(14)13-22(25)26/h5-12H,13H2,1-4H3,(H2,25,26)/b19-11-. The number of halogens is 1. The van der Waals surface area contributed by atoms with E-state index in [1.54, 1.807) is 6.07 Å². The Balaban J connectivity index is 2.08. The summed E-state index contributed by atoms with van der Waals surface area (Å²) in [5.41, 5.74) is 12.4. The molecule has 2 N–H and O–H groups in total. The van der Waals surface area contributed by atoms with Crippen LogP contribution in [0.5, 0.6) is 0 Å². The molecule has 134 valence electrons. The van der Waals surface area contributed by atoms with E-state index >= 15 is 0 Å². The van der Waals surface area contributed by atoms with Gasteiger partial charge in [-0.1, -0.05) is 51.1 Å². The number of rotatable bonds is 3. The van der Waals surface area contributed by atoms with Crippen LogP contribution in [-0.4, -0.2) is 5.91 Å². The lowest BCUT2D eigenvalue weighted by Crippen LogP contribution is -2.10. The highest BCUT2D eigenvalue weighted by atomic mass is 19.1. The molecule has 26 heavy (non-hydrogen) atoms. The molecular weight excluding hydrogens is 325 g/mol. The highest BCUT2D eigenvalue weighted by Crippen LogP contribution is 2.43. The predicted molar refractivity (Wildman–Crippen MR) is 106 cm³/mol. The molecule has 3 heteroatoms. The van der Waals surface area contributed by atoms with E-state index in [-0.39, 0.29) is 17.7 Å². The van der Waals surface area contributed by atoms with Crippen LogP contribution < -0.4 is 5.73 Å². The Hall–Kier alpha value is -2.68. The molecule has 1 aliphatic rings. The molecule has 0 radical (unpaired) electrons. The highest BCUT2D eigenvalue weighted by molar-refractivity contribution is 6.08. The quantitative estimate of drug-likeness (QED) is 0.800. The Kier molecular flexibility index (Phi) is 4.57. The monoisotopic (exact) mass is 349 g/mol. The fourth-order valence-electron chi connectivity index (χ4n) is 3.40. The summed E-state index contributed by atoms with van der Waals surface area (Å²) in [6, 6.07) is 13.2. The molecule has 2 aromatic rings. The summed E-state index contributed by atoms with van der Waals surface area (Å²) in [6.45, 7) is 8.52. The van der Waals surface area contributed by atoms with Crippen molar-refractivity contribution in [1.29, 1.82) is 0 Å². The molecule has 0 heterocycles. The van der Waals surface area contributed by atoms with Crippen LogP contribution in [0.25, 0.3) is 17.2 Å². The molecule has 0 atom stereocenters. The van der Waals surface area contributed by atoms with Gasteiger partial charge in [-0.15, -0.1) is 0 Å². The van der Waals surface area contributed by atoms with Crippen LogP contribution in [0.15, 0.2) is 48.0 Å². The number of allylic oxidation sites excluding steroid dienone is 2. The van der Waals surface area contributed by atoms with Crippen LogP contribution in [0, 0.1) is 5.82 Å². The van der Waals surface area contributed by atoms with Gasteiger partial charge in [0.25, 0.3) is 0 Å². The zero-order valence-corrected chi connectivity index (χ0v) is 15.7. The maximum atomic E-state index is 13.8. The second-order valence-corrected chi connectivity index (χ2v) is 7.87. The number of benzene rings is 2. The summed E-state index contributed by atoms with van der Waals surface area (Å²) in [6.07, 6.45) is 2.20. The molecule has 1 aliphatic carbocycles. The van der Waals surface area contributed by atoms with Crippen molar-refractivity contribution in [2.24, 2.45) is 5.73 Å². The summed E-state index contributed by atoms with van der Waals surface area (Å²) in [5.74, 6) is -0.723. The Labute approximate surface area is 154 Å². The van der Waals surface area contributed by atoms with Gasteiger partial charge in [0.15, 0.2) is 0 Å². The molecule has 1 amide bonds. The highest BCUT2D eigenvalue weighted by Gasteiger charge is 2.25. The van der Waals surface area contributed by atoms with Crippen LogP contribution in [0.4, 0.5) is 4.39 Å². The molecule has 0 saturated heterocycles. The van der Waals surface area contributed by atoms with Crippen LogP contribution in [0.2, 0.25) is 0 Å². The molecule has 3 rings (SSSR count). The van der Waals surface area contributed by atoms with Crippen molar-refractivity contribution in [3.63, 3.8) is 0 Å². The third-order valence-corrected chi connectivity index (χ3v) is 4.89. The van der Waals surface area contributed by atoms with Crippen LogP contribution >= 0.6 is 0 Å². The average molecular weight is 349 g/mol. The number of carbonyl (C=O) groups is 1. The predicted octanol–water partition coefficient (Wildman–Crippen LogP) is 5.33. The first-order chi connectivity index (χ1) is 12.2. The Morgan fingerprint density at radius 1 is 1.08 bits per heavy atom. The van der Waals surface area contributed by atoms with E-state index in [4.69, 9.17) is 5.73 Å². The number of carbonyl (C=O) groups excluding carboxylic acids is 1. The van der Waals surface area contributed by atoms with Gasteiger partial charge in [0.2, 0.25) is 5.91 Å². The van der Waals surface area contributed by atoms with Crippen LogP contribution in [0.1, 0.15) is 56.4 Å². The SMILES string of the molecule is CC1=C(CC(N)=O)c2cc(F)ccc2/C1=C\c1ccc(C(C)(C)C)cc1. The second-order valence-electron chi connectivity index (χ2n) is 7.87. The van der Waals surface area contributed by atoms with E-state index in [0.29, 0.717) is 0 Å². The van der Waals surface area contributed by atoms with Gasteiger partial charge in [0.05, 0.1) is 6.42 Å². The normalized spacial score (nSPS) is 15.5. The number of nitrogens with two attached hydrogens (primary N) is 1. The summed E-state index contributed by atoms with van der Waals surface area (Å²) in [4.78, 5) is 11.5. The molecule has 0 unspecified atom stereocenters. The first-order valence-corrected chi connectivity index (χ1v) is 8.78. The zero-order chi connectivity index (χ0) is 19.1. The number of primary amides is 1. The molecule has 0 fully saturated rings. The second kappa shape index (κ2) is 6.56. The van der Waals surface area contributed by atoms with E-state index < -0.39 is 5.91 Å². The molecule has 0 aliphatic heterocycles. The molecule has 0 aromatic heterocycles. The topological polar surface area (TPSA) is 43.1 Å². The van der Waals surface area contributed by atoms with E-state index in [1.165, 1.54) is 17.7 Å². The maximum absolute atomic E-state index is 13.8. The van der Waals surface area contributed by atoms with Crippen molar-refractivity contribution in [2.75, 3.05) is 0 Å². The lowest BCUT2D eigenvalue weighted by atomic mass is 9.86. The summed E-state index contributed by atoms with van der Waals surface area (Å²) >= 11 is 0. The summed E-state index contributed by atoms with van der Waals surface area (Å²) < 4.78 is 13.8. The lowest BCUT2D eigenvalue weighted by molar-refractivity contribution is -0.117. The first kappa shape index (κ1) is 18.1. The lowest BCUT2D eigenvalue weighted by Gasteiger charge is -2.18. The van der Waals surface area contributed by atoms with Gasteiger partial charge < -0.3 is 5.73 Å². The third-order valence-electron chi connectivity index (χ3n) is 4.89. The number of hydrogen-bond donors (Lipinski definition) is 1. The van der Waals surface area contributed by atoms with Crippen molar-refractivity contribution in [3.05, 3.63) is 76.1 Å². The Morgan fingerprint density at radius 2 is 1.73 bits per heavy atom. The van der Waals surface area contributed by atoms with E-state index in [9.17, 15) is 9.18 Å². The number of fused-ring (bicyclic) bond motifs is 1. The van der Waals surface area contributed by atoms with E-state index in [2.05, 4.69) is 51.1 Å². The van der Waals surface area contributed by atoms with Crippen LogP contribution in [0.3, 0.4) is 0 Å². The fraction of sp³-hybridized carbons (Fsp3) is 0.261. The fourth-order valence-corrected chi connectivity index (χ4v) is 3.40. The molecule has 0 saturated carbocycles. The minimum atomic E-state index is -0.412. The molecule has 2 aromatic carbocycles. The summed E-state index contributed by atoms with van der Waals surface area (Å²) in [5, 5.41) is 0. The van der Waals surface area contributed by atoms with Crippen LogP contribution in [-0.2, 0) is 10.2 Å². The minimum absolute atomic E-state index is 0.105. The van der Waals surface area contributed by atoms with Crippen molar-refractivity contribution < 1.29 is 9.18 Å². The van der Waals surface area contributed by atoms with Gasteiger partial charge in [-0.2, -0.15) is 0 Å². The van der Waals surface area contributed by atoms with Gasteiger partial charge in [-0.25, -0.2) is 4.39 Å². The van der Waals surface area contributed by atoms with Crippen molar-refractivity contribution in [3.8, 4) is 0 Å². The van der Waals surface area contributed by atoms with E-state index in [1.807, 2.05) is 6.92 Å².